The molecule has 0 saturated heterocycles. The van der Waals surface area contributed by atoms with Gasteiger partial charge in [0.05, 0.1) is 18.5 Å². The Hall–Kier alpha value is -3.48. The van der Waals surface area contributed by atoms with E-state index in [1.165, 1.54) is 6.07 Å². The molecule has 0 aliphatic heterocycles. The molecule has 0 aliphatic carbocycles. The molecule has 3 aromatic rings. The summed E-state index contributed by atoms with van der Waals surface area (Å²) in [6.07, 6.45) is 5.58. The van der Waals surface area contributed by atoms with Gasteiger partial charge in [-0.25, -0.2) is 9.48 Å². The number of ether oxygens (including phenoxy) is 1. The van der Waals surface area contributed by atoms with Crippen LogP contribution in [0.1, 0.15) is 24.6 Å². The smallest absolute Gasteiger partial charge is 0.411 e. The minimum atomic E-state index is -0.495. The van der Waals surface area contributed by atoms with Crippen LogP contribution >= 0.6 is 0 Å². The quantitative estimate of drug-likeness (QED) is 0.726. The van der Waals surface area contributed by atoms with E-state index in [4.69, 9.17) is 4.74 Å². The number of nitrogens with one attached hydrogen (secondary N) is 1. The molecule has 0 radical (unpaired) electrons. The molecule has 7 heteroatoms. The van der Waals surface area contributed by atoms with Crippen molar-refractivity contribution in [1.29, 1.82) is 0 Å². The maximum Gasteiger partial charge on any atom is 0.411 e. The van der Waals surface area contributed by atoms with Gasteiger partial charge in [0.25, 0.3) is 0 Å². The van der Waals surface area contributed by atoms with Gasteiger partial charge in [-0.05, 0) is 36.2 Å². The molecule has 0 bridgehead atoms. The molecule has 7 nitrogen and oxygen atoms in total. The fourth-order valence-electron chi connectivity index (χ4n) is 2.50. The Morgan fingerprint density at radius 3 is 2.89 bits per heavy atom. The van der Waals surface area contributed by atoms with Gasteiger partial charge in [0.2, 0.25) is 5.43 Å². The number of carbonyl (C=O) groups excluding carboxylic acids is 1. The average molecular weight is 364 g/mol. The highest BCUT2D eigenvalue weighted by Crippen LogP contribution is 2.13. The minimum absolute atomic E-state index is 0.143. The zero-order valence-electron chi connectivity index (χ0n) is 15.0. The molecule has 0 aliphatic rings. The van der Waals surface area contributed by atoms with Gasteiger partial charge in [-0.3, -0.25) is 15.1 Å². The first-order chi connectivity index (χ1) is 13.2. The molecule has 0 fully saturated rings. The molecule has 0 atom stereocenters. The summed E-state index contributed by atoms with van der Waals surface area (Å²) in [4.78, 5) is 28.0. The monoisotopic (exact) mass is 364 g/mol. The van der Waals surface area contributed by atoms with Crippen molar-refractivity contribution in [1.82, 2.24) is 14.8 Å². The van der Waals surface area contributed by atoms with E-state index in [0.717, 1.165) is 17.7 Å². The van der Waals surface area contributed by atoms with Crippen molar-refractivity contribution in [2.45, 2.75) is 19.8 Å². The third kappa shape index (κ3) is 5.01. The first-order valence-electron chi connectivity index (χ1n) is 8.67. The van der Waals surface area contributed by atoms with Crippen LogP contribution in [-0.2, 0) is 11.2 Å². The second-order valence-electron chi connectivity index (χ2n) is 5.92. The lowest BCUT2D eigenvalue weighted by Crippen LogP contribution is -2.17. The molecule has 2 aromatic heterocycles. The van der Waals surface area contributed by atoms with Gasteiger partial charge in [0.15, 0.2) is 0 Å². The maximum absolute atomic E-state index is 12.2. The predicted octanol–water partition coefficient (Wildman–Crippen LogP) is 3.18. The normalized spacial score (nSPS) is 10.4. The highest BCUT2D eigenvalue weighted by molar-refractivity contribution is 5.84. The van der Waals surface area contributed by atoms with Crippen molar-refractivity contribution in [3.05, 3.63) is 82.5 Å². The van der Waals surface area contributed by atoms with Crippen LogP contribution in [0.3, 0.4) is 0 Å². The van der Waals surface area contributed by atoms with E-state index in [1.807, 2.05) is 31.2 Å². The summed E-state index contributed by atoms with van der Waals surface area (Å²) in [5.41, 5.74) is 2.50. The van der Waals surface area contributed by atoms with Crippen molar-refractivity contribution in [3.63, 3.8) is 0 Å². The molecule has 138 valence electrons. The molecule has 1 amide bonds. The lowest BCUT2D eigenvalue weighted by molar-refractivity contribution is 0.161. The molecule has 0 unspecified atom stereocenters. The molecule has 0 spiro atoms. The van der Waals surface area contributed by atoms with Gasteiger partial charge in [-0.1, -0.05) is 19.1 Å². The number of carbonyl (C=O) groups is 1. The van der Waals surface area contributed by atoms with E-state index in [1.54, 1.807) is 35.4 Å². The number of nitrogens with zero attached hydrogens (tertiary/aromatic N) is 3. The SMILES string of the molecule is CCCOC(=O)Nc1cccc(Cc2nn(-c3cccnc3)ccc2=O)c1. The first kappa shape index (κ1) is 18.3. The van der Waals surface area contributed by atoms with Crippen LogP contribution in [0, 0.1) is 0 Å². The number of aromatic nitrogens is 3. The van der Waals surface area contributed by atoms with Crippen molar-refractivity contribution in [3.8, 4) is 5.69 Å². The first-order valence-corrected chi connectivity index (χ1v) is 8.67. The Morgan fingerprint density at radius 2 is 2.11 bits per heavy atom. The van der Waals surface area contributed by atoms with Crippen molar-refractivity contribution >= 4 is 11.8 Å². The summed E-state index contributed by atoms with van der Waals surface area (Å²) in [6, 6.07) is 12.4. The zero-order valence-corrected chi connectivity index (χ0v) is 15.0. The molecule has 3 rings (SSSR count). The summed E-state index contributed by atoms with van der Waals surface area (Å²) < 4.78 is 6.63. The van der Waals surface area contributed by atoms with Crippen LogP contribution < -0.4 is 10.7 Å². The van der Waals surface area contributed by atoms with E-state index in [2.05, 4.69) is 15.4 Å². The van der Waals surface area contributed by atoms with E-state index in [0.29, 0.717) is 24.4 Å². The fourth-order valence-corrected chi connectivity index (χ4v) is 2.50. The molecule has 1 aromatic carbocycles. The maximum atomic E-state index is 12.2. The van der Waals surface area contributed by atoms with Gasteiger partial charge >= 0.3 is 6.09 Å². The summed E-state index contributed by atoms with van der Waals surface area (Å²) in [6.45, 7) is 2.30. The van der Waals surface area contributed by atoms with Gasteiger partial charge in [0, 0.05) is 30.6 Å². The van der Waals surface area contributed by atoms with E-state index in [-0.39, 0.29) is 5.43 Å². The van der Waals surface area contributed by atoms with Gasteiger partial charge < -0.3 is 4.74 Å². The number of rotatable bonds is 6. The zero-order chi connectivity index (χ0) is 19.1. The molecular formula is C20H20N4O3. The van der Waals surface area contributed by atoms with Crippen LogP contribution in [0.25, 0.3) is 5.69 Å². The molecule has 27 heavy (non-hydrogen) atoms. The second kappa shape index (κ2) is 8.75. The van der Waals surface area contributed by atoms with Gasteiger partial charge in [-0.2, -0.15) is 5.10 Å². The highest BCUT2D eigenvalue weighted by atomic mass is 16.5. The number of hydrogen-bond donors (Lipinski definition) is 1. The second-order valence-corrected chi connectivity index (χ2v) is 5.92. The highest BCUT2D eigenvalue weighted by Gasteiger charge is 2.08. The summed E-state index contributed by atoms with van der Waals surface area (Å²) in [7, 11) is 0. The number of pyridine rings is 1. The van der Waals surface area contributed by atoms with Crippen LogP contribution in [0.15, 0.2) is 65.8 Å². The van der Waals surface area contributed by atoms with E-state index >= 15 is 0 Å². The van der Waals surface area contributed by atoms with Crippen LogP contribution in [0.2, 0.25) is 0 Å². The third-order valence-corrected chi connectivity index (χ3v) is 3.77. The fraction of sp³-hybridized carbons (Fsp3) is 0.200. The average Bonchev–Trinajstić information content (AvgIpc) is 2.69. The van der Waals surface area contributed by atoms with Crippen molar-refractivity contribution in [2.24, 2.45) is 0 Å². The molecule has 1 N–H and O–H groups in total. The number of benzene rings is 1. The van der Waals surface area contributed by atoms with Crippen molar-refractivity contribution in [2.75, 3.05) is 11.9 Å². The Bertz CT molecular complexity index is 970. The summed E-state index contributed by atoms with van der Waals surface area (Å²) in [5.74, 6) is 0. The predicted molar refractivity (Wildman–Crippen MR) is 102 cm³/mol. The molecule has 2 heterocycles. The number of anilines is 1. The largest absolute Gasteiger partial charge is 0.449 e. The summed E-state index contributed by atoms with van der Waals surface area (Å²) >= 11 is 0. The van der Waals surface area contributed by atoms with Gasteiger partial charge in [-0.15, -0.1) is 0 Å². The van der Waals surface area contributed by atoms with Crippen LogP contribution in [-0.4, -0.2) is 27.5 Å². The number of amides is 1. The van der Waals surface area contributed by atoms with E-state index < -0.39 is 6.09 Å². The lowest BCUT2D eigenvalue weighted by Gasteiger charge is -2.09. The topological polar surface area (TPSA) is 86.1 Å². The third-order valence-electron chi connectivity index (χ3n) is 3.77. The van der Waals surface area contributed by atoms with Crippen LogP contribution in [0.4, 0.5) is 10.5 Å². The lowest BCUT2D eigenvalue weighted by atomic mass is 10.1. The molecular weight excluding hydrogens is 344 g/mol. The minimum Gasteiger partial charge on any atom is -0.449 e. The van der Waals surface area contributed by atoms with Crippen molar-refractivity contribution < 1.29 is 9.53 Å². The molecule has 0 saturated carbocycles. The Labute approximate surface area is 156 Å². The van der Waals surface area contributed by atoms with Crippen LogP contribution in [0.5, 0.6) is 0 Å². The Morgan fingerprint density at radius 1 is 1.22 bits per heavy atom. The summed E-state index contributed by atoms with van der Waals surface area (Å²) in [5, 5.41) is 7.10. The standard InChI is InChI=1S/C20H20N4O3/c1-2-11-27-20(26)22-16-6-3-5-15(12-16)13-18-19(25)8-10-24(23-18)17-7-4-9-21-14-17/h3-10,12,14H,2,11,13H2,1H3,(H,22,26). The number of hydrogen-bond acceptors (Lipinski definition) is 5. The van der Waals surface area contributed by atoms with Gasteiger partial charge in [0.1, 0.15) is 5.69 Å². The Kier molecular flexibility index (Phi) is 5.94. The Balaban J connectivity index is 1.78. The van der Waals surface area contributed by atoms with E-state index in [9.17, 15) is 9.59 Å².